The number of thiophene rings is 1. The maximum atomic E-state index is 11.8. The lowest BCUT2D eigenvalue weighted by Gasteiger charge is -2.37. The van der Waals surface area contributed by atoms with E-state index in [1.54, 1.807) is 16.2 Å². The maximum Gasteiger partial charge on any atom is 0.225 e. The van der Waals surface area contributed by atoms with Crippen molar-refractivity contribution < 1.29 is 9.90 Å². The van der Waals surface area contributed by atoms with Crippen molar-refractivity contribution in [2.24, 2.45) is 5.92 Å². The van der Waals surface area contributed by atoms with E-state index in [4.69, 9.17) is 5.11 Å². The largest absolute Gasteiger partial charge is 0.389 e. The Morgan fingerprint density at radius 3 is 3.00 bits per heavy atom. The maximum absolute atomic E-state index is 11.8. The van der Waals surface area contributed by atoms with Gasteiger partial charge in [0.25, 0.3) is 0 Å². The summed E-state index contributed by atoms with van der Waals surface area (Å²) in [5, 5.41) is 11.1. The number of β-amino-alcohol motifs (C(OH)–C–C–N with tert-alkyl or cyclic N) is 1. The number of rotatable bonds is 3. The summed E-state index contributed by atoms with van der Waals surface area (Å²) in [5.74, 6) is 0.185. The Morgan fingerprint density at radius 1 is 1.73 bits per heavy atom. The molecule has 1 aromatic heterocycles. The molecule has 0 aromatic carbocycles. The van der Waals surface area contributed by atoms with Crippen molar-refractivity contribution in [3.05, 3.63) is 22.4 Å². The SMILES string of the molecule is CC(Cc1cccs1)C(=O)N1CC(O)C1. The first-order valence-corrected chi connectivity index (χ1v) is 6.04. The number of hydrogen-bond donors (Lipinski definition) is 1. The lowest BCUT2D eigenvalue weighted by molar-refractivity contribution is -0.145. The molecule has 0 radical (unpaired) electrons. The number of amides is 1. The highest BCUT2D eigenvalue weighted by molar-refractivity contribution is 7.09. The third-order valence-electron chi connectivity index (χ3n) is 2.68. The van der Waals surface area contributed by atoms with E-state index in [1.165, 1.54) is 4.88 Å². The van der Waals surface area contributed by atoms with E-state index in [0.29, 0.717) is 13.1 Å². The van der Waals surface area contributed by atoms with Crippen LogP contribution in [0.5, 0.6) is 0 Å². The summed E-state index contributed by atoms with van der Waals surface area (Å²) in [7, 11) is 0. The van der Waals surface area contributed by atoms with Gasteiger partial charge in [0.05, 0.1) is 6.10 Å². The van der Waals surface area contributed by atoms with Crippen LogP contribution in [0, 0.1) is 5.92 Å². The highest BCUT2D eigenvalue weighted by Crippen LogP contribution is 2.18. The Morgan fingerprint density at radius 2 is 2.47 bits per heavy atom. The fourth-order valence-corrected chi connectivity index (χ4v) is 2.60. The molecule has 2 rings (SSSR count). The van der Waals surface area contributed by atoms with Crippen LogP contribution in [0.4, 0.5) is 0 Å². The van der Waals surface area contributed by atoms with Crippen molar-refractivity contribution in [2.75, 3.05) is 13.1 Å². The normalized spacial score (nSPS) is 18.7. The summed E-state index contributed by atoms with van der Waals surface area (Å²) >= 11 is 1.69. The molecule has 1 aromatic rings. The van der Waals surface area contributed by atoms with Gasteiger partial charge < -0.3 is 10.0 Å². The minimum absolute atomic E-state index is 0.0242. The molecule has 2 heterocycles. The second kappa shape index (κ2) is 4.33. The topological polar surface area (TPSA) is 40.5 Å². The summed E-state index contributed by atoms with van der Waals surface area (Å²) in [5.41, 5.74) is 0. The van der Waals surface area contributed by atoms with Crippen LogP contribution >= 0.6 is 11.3 Å². The molecule has 3 nitrogen and oxygen atoms in total. The molecule has 4 heteroatoms. The van der Waals surface area contributed by atoms with Gasteiger partial charge in [0.15, 0.2) is 0 Å². The van der Waals surface area contributed by atoms with Crippen LogP contribution in [-0.2, 0) is 11.2 Å². The van der Waals surface area contributed by atoms with Gasteiger partial charge in [0, 0.05) is 23.9 Å². The first-order chi connectivity index (χ1) is 7.16. The molecule has 1 aliphatic heterocycles. The smallest absolute Gasteiger partial charge is 0.225 e. The van der Waals surface area contributed by atoms with E-state index < -0.39 is 0 Å². The van der Waals surface area contributed by atoms with Crippen molar-refractivity contribution in [3.8, 4) is 0 Å². The zero-order chi connectivity index (χ0) is 10.8. The van der Waals surface area contributed by atoms with Crippen LogP contribution in [0.2, 0.25) is 0 Å². The number of carbonyl (C=O) groups excluding carboxylic acids is 1. The lowest BCUT2D eigenvalue weighted by atomic mass is 10.0. The summed E-state index contributed by atoms with van der Waals surface area (Å²) < 4.78 is 0. The van der Waals surface area contributed by atoms with E-state index in [9.17, 15) is 4.79 Å². The van der Waals surface area contributed by atoms with Crippen LogP contribution in [0.25, 0.3) is 0 Å². The fourth-order valence-electron chi connectivity index (χ4n) is 1.76. The van der Waals surface area contributed by atoms with Gasteiger partial charge in [-0.3, -0.25) is 4.79 Å². The predicted octanol–water partition coefficient (Wildman–Crippen LogP) is 1.13. The molecule has 1 aliphatic rings. The average Bonchev–Trinajstić information content (AvgIpc) is 2.64. The molecule has 0 saturated carbocycles. The van der Waals surface area contributed by atoms with Crippen molar-refractivity contribution >= 4 is 17.2 Å². The highest BCUT2D eigenvalue weighted by Gasteiger charge is 2.31. The lowest BCUT2D eigenvalue weighted by Crippen LogP contribution is -2.55. The highest BCUT2D eigenvalue weighted by atomic mass is 32.1. The van der Waals surface area contributed by atoms with Gasteiger partial charge in [-0.1, -0.05) is 13.0 Å². The second-order valence-electron chi connectivity index (χ2n) is 4.08. The van der Waals surface area contributed by atoms with Gasteiger partial charge in [-0.25, -0.2) is 0 Å². The first-order valence-electron chi connectivity index (χ1n) is 5.16. The molecule has 15 heavy (non-hydrogen) atoms. The molecular weight excluding hydrogens is 210 g/mol. The average molecular weight is 225 g/mol. The Balaban J connectivity index is 1.85. The van der Waals surface area contributed by atoms with Crippen molar-refractivity contribution in [1.82, 2.24) is 4.90 Å². The van der Waals surface area contributed by atoms with Crippen LogP contribution < -0.4 is 0 Å². The molecule has 1 saturated heterocycles. The van der Waals surface area contributed by atoms with Crippen LogP contribution in [0.3, 0.4) is 0 Å². The van der Waals surface area contributed by atoms with E-state index >= 15 is 0 Å². The van der Waals surface area contributed by atoms with Crippen LogP contribution in [0.1, 0.15) is 11.8 Å². The number of hydrogen-bond acceptors (Lipinski definition) is 3. The molecule has 0 bridgehead atoms. The van der Waals surface area contributed by atoms with Gasteiger partial charge in [-0.15, -0.1) is 11.3 Å². The molecule has 1 fully saturated rings. The van der Waals surface area contributed by atoms with Gasteiger partial charge in [0.1, 0.15) is 0 Å². The summed E-state index contributed by atoms with van der Waals surface area (Å²) in [6, 6.07) is 4.06. The van der Waals surface area contributed by atoms with E-state index in [1.807, 2.05) is 18.4 Å². The molecule has 1 N–H and O–H groups in total. The first kappa shape index (κ1) is 10.6. The van der Waals surface area contributed by atoms with Crippen molar-refractivity contribution in [2.45, 2.75) is 19.4 Å². The van der Waals surface area contributed by atoms with Crippen LogP contribution in [-0.4, -0.2) is 35.1 Å². The zero-order valence-electron chi connectivity index (χ0n) is 8.72. The quantitative estimate of drug-likeness (QED) is 0.837. The number of carbonyl (C=O) groups is 1. The molecule has 82 valence electrons. The van der Waals surface area contributed by atoms with Crippen molar-refractivity contribution in [3.63, 3.8) is 0 Å². The Hall–Kier alpha value is -0.870. The van der Waals surface area contributed by atoms with Crippen molar-refractivity contribution in [1.29, 1.82) is 0 Å². The van der Waals surface area contributed by atoms with E-state index in [0.717, 1.165) is 6.42 Å². The number of aliphatic hydroxyl groups is 1. The minimum atomic E-state index is -0.303. The zero-order valence-corrected chi connectivity index (χ0v) is 9.54. The van der Waals surface area contributed by atoms with Gasteiger partial charge in [0.2, 0.25) is 5.91 Å². The standard InChI is InChI=1S/C11H15NO2S/c1-8(5-10-3-2-4-15-10)11(14)12-6-9(13)7-12/h2-4,8-9,13H,5-7H2,1H3. The van der Waals surface area contributed by atoms with E-state index in [-0.39, 0.29) is 17.9 Å². The summed E-state index contributed by atoms with van der Waals surface area (Å²) in [6.07, 6.45) is 0.506. The Labute approximate surface area is 93.3 Å². The number of likely N-dealkylation sites (tertiary alicyclic amines) is 1. The Bertz CT molecular complexity index is 330. The number of nitrogens with zero attached hydrogens (tertiary/aromatic N) is 1. The fraction of sp³-hybridized carbons (Fsp3) is 0.545. The predicted molar refractivity (Wildman–Crippen MR) is 59.8 cm³/mol. The molecular formula is C11H15NO2S. The van der Waals surface area contributed by atoms with Crippen LogP contribution in [0.15, 0.2) is 17.5 Å². The molecule has 1 amide bonds. The third-order valence-corrected chi connectivity index (χ3v) is 3.58. The molecule has 0 spiro atoms. The molecule has 1 atom stereocenters. The third kappa shape index (κ3) is 2.38. The minimum Gasteiger partial charge on any atom is -0.389 e. The second-order valence-corrected chi connectivity index (χ2v) is 5.11. The Kier molecular flexibility index (Phi) is 3.07. The number of aliphatic hydroxyl groups excluding tert-OH is 1. The summed E-state index contributed by atoms with van der Waals surface area (Å²) in [4.78, 5) is 14.8. The molecule has 0 aliphatic carbocycles. The monoisotopic (exact) mass is 225 g/mol. The summed E-state index contributed by atoms with van der Waals surface area (Å²) in [6.45, 7) is 2.97. The van der Waals surface area contributed by atoms with Gasteiger partial charge >= 0.3 is 0 Å². The van der Waals surface area contributed by atoms with Gasteiger partial charge in [-0.05, 0) is 17.9 Å². The van der Waals surface area contributed by atoms with E-state index in [2.05, 4.69) is 6.07 Å². The molecule has 1 unspecified atom stereocenters. The van der Waals surface area contributed by atoms with Gasteiger partial charge in [-0.2, -0.15) is 0 Å².